The van der Waals surface area contributed by atoms with Crippen molar-refractivity contribution in [2.75, 3.05) is 58.5 Å². The molecule has 4 atom stereocenters. The smallest absolute Gasteiger partial charge is 0.408 e. The molecule has 2 heterocycles. The number of unbranched alkanes of at least 4 members (excludes halogenated alkanes) is 1. The summed E-state index contributed by atoms with van der Waals surface area (Å²) in [5, 5.41) is 14.5. The topological polar surface area (TPSA) is 182 Å². The molecule has 0 aromatic carbocycles. The molecule has 14 nitrogen and oxygen atoms in total. The fourth-order valence-corrected chi connectivity index (χ4v) is 6.31. The van der Waals surface area contributed by atoms with E-state index in [1.165, 1.54) is 6.92 Å². The van der Waals surface area contributed by atoms with Crippen molar-refractivity contribution in [1.29, 1.82) is 0 Å². The molecule has 2 fully saturated rings. The Morgan fingerprint density at radius 1 is 0.889 bits per heavy atom. The van der Waals surface area contributed by atoms with Gasteiger partial charge in [-0.15, -0.1) is 0 Å². The van der Waals surface area contributed by atoms with Crippen molar-refractivity contribution in [2.45, 2.75) is 102 Å². The Balaban J connectivity index is 1.34. The van der Waals surface area contributed by atoms with E-state index < -0.39 is 23.6 Å². The standard InChI is InChI=1S/C30H53N5O9S/c1-21(36)19-22(34-29(40)44-30(2,3)4)27(38)32-12-8-14-42-16-18-43-17-15-41-13-7-11-31-25(37)10-6-5-9-24-26-23(20-45-24)33-28(39)35-26/h22-24,26H,5-20H2,1-4H3,(H,31,37)(H,32,38)(H,34,40)(H2,33,35,39)/t22-,23+,24+,26+/m1/s1. The molecule has 0 bridgehead atoms. The highest BCUT2D eigenvalue weighted by atomic mass is 32.2. The van der Waals surface area contributed by atoms with Crippen LogP contribution in [0, 0.1) is 0 Å². The lowest BCUT2D eigenvalue weighted by molar-refractivity contribution is -0.126. The number of ketones is 1. The van der Waals surface area contributed by atoms with Crippen LogP contribution < -0.4 is 26.6 Å². The van der Waals surface area contributed by atoms with Gasteiger partial charge in [0.1, 0.15) is 17.4 Å². The number of carbonyl (C=O) groups excluding carboxylic acids is 5. The third-order valence-electron chi connectivity index (χ3n) is 6.88. The summed E-state index contributed by atoms with van der Waals surface area (Å²) in [6.07, 6.45) is 3.74. The number of hydrogen-bond donors (Lipinski definition) is 5. The summed E-state index contributed by atoms with van der Waals surface area (Å²) in [5.74, 6) is 0.332. The fourth-order valence-electron chi connectivity index (χ4n) is 4.76. The predicted molar refractivity (Wildman–Crippen MR) is 170 cm³/mol. The van der Waals surface area contributed by atoms with E-state index in [9.17, 15) is 24.0 Å². The highest BCUT2D eigenvalue weighted by Gasteiger charge is 2.42. The predicted octanol–water partition coefficient (Wildman–Crippen LogP) is 1.65. The van der Waals surface area contributed by atoms with Gasteiger partial charge in [-0.25, -0.2) is 9.59 Å². The molecular formula is C30H53N5O9S. The van der Waals surface area contributed by atoms with Gasteiger partial charge in [0.05, 0.1) is 38.5 Å². The molecule has 0 aromatic rings. The second-order valence-electron chi connectivity index (χ2n) is 12.2. The number of hydrogen-bond acceptors (Lipinski definition) is 10. The molecule has 0 radical (unpaired) electrons. The number of rotatable bonds is 23. The molecule has 0 aliphatic carbocycles. The molecule has 45 heavy (non-hydrogen) atoms. The Morgan fingerprint density at radius 3 is 2.13 bits per heavy atom. The zero-order valence-corrected chi connectivity index (χ0v) is 28.0. The molecule has 2 aliphatic rings. The maximum atomic E-state index is 12.4. The lowest BCUT2D eigenvalue weighted by Crippen LogP contribution is -2.49. The quantitative estimate of drug-likeness (QED) is 0.0799. The number of ether oxygens (including phenoxy) is 4. The first-order valence-electron chi connectivity index (χ1n) is 15.9. The SMILES string of the molecule is CC(=O)C[C@@H](NC(=O)OC(C)(C)C)C(=O)NCCCOCCOCCOCCCNC(=O)CCCC[C@@H]1SC[C@@H]2NC(=O)N[C@@H]21. The van der Waals surface area contributed by atoms with Gasteiger partial charge >= 0.3 is 12.1 Å². The number of fused-ring (bicyclic) bond motifs is 1. The first-order chi connectivity index (χ1) is 21.4. The summed E-state index contributed by atoms with van der Waals surface area (Å²) in [7, 11) is 0. The molecular weight excluding hydrogens is 606 g/mol. The summed E-state index contributed by atoms with van der Waals surface area (Å²) in [6.45, 7) is 10.1. The number of thioether (sulfide) groups is 1. The van der Waals surface area contributed by atoms with Crippen molar-refractivity contribution in [1.82, 2.24) is 26.6 Å². The molecule has 5 amide bonds. The number of Topliss-reactive ketones (excluding diaryl/α,β-unsaturated/α-hetero) is 1. The number of carbonyl (C=O) groups is 5. The molecule has 0 unspecified atom stereocenters. The zero-order valence-electron chi connectivity index (χ0n) is 27.2. The molecule has 5 N–H and O–H groups in total. The van der Waals surface area contributed by atoms with Gasteiger partial charge in [0.2, 0.25) is 11.8 Å². The minimum Gasteiger partial charge on any atom is -0.444 e. The van der Waals surface area contributed by atoms with E-state index in [1.807, 2.05) is 11.8 Å². The lowest BCUT2D eigenvalue weighted by Gasteiger charge is -2.23. The van der Waals surface area contributed by atoms with Crippen LogP contribution in [0.25, 0.3) is 0 Å². The second-order valence-corrected chi connectivity index (χ2v) is 13.4. The normalized spacial score (nSPS) is 19.6. The van der Waals surface area contributed by atoms with Crippen LogP contribution in [0.15, 0.2) is 0 Å². The number of amides is 5. The lowest BCUT2D eigenvalue weighted by atomic mass is 10.0. The van der Waals surface area contributed by atoms with Gasteiger partial charge in [-0.1, -0.05) is 6.42 Å². The van der Waals surface area contributed by atoms with Gasteiger partial charge in [-0.2, -0.15) is 11.8 Å². The Bertz CT molecular complexity index is 949. The van der Waals surface area contributed by atoms with Gasteiger partial charge in [0, 0.05) is 50.1 Å². The van der Waals surface area contributed by atoms with Crippen molar-refractivity contribution < 1.29 is 42.9 Å². The first kappa shape index (κ1) is 38.6. The van der Waals surface area contributed by atoms with E-state index >= 15 is 0 Å². The fraction of sp³-hybridized carbons (Fsp3) is 0.833. The Labute approximate surface area is 270 Å². The summed E-state index contributed by atoms with van der Waals surface area (Å²) in [5.41, 5.74) is -0.715. The average Bonchev–Trinajstić information content (AvgIpc) is 3.50. The van der Waals surface area contributed by atoms with Crippen LogP contribution in [0.5, 0.6) is 0 Å². The van der Waals surface area contributed by atoms with Crippen LogP contribution in [0.2, 0.25) is 0 Å². The Hall–Kier alpha value is -2.62. The number of alkyl carbamates (subject to hydrolysis) is 1. The monoisotopic (exact) mass is 659 g/mol. The minimum absolute atomic E-state index is 0.0564. The average molecular weight is 660 g/mol. The number of nitrogens with one attached hydrogen (secondary N) is 5. The summed E-state index contributed by atoms with van der Waals surface area (Å²) < 4.78 is 21.7. The molecule has 2 rings (SSSR count). The van der Waals surface area contributed by atoms with Crippen molar-refractivity contribution in [3.05, 3.63) is 0 Å². The highest BCUT2D eigenvalue weighted by Crippen LogP contribution is 2.33. The largest absolute Gasteiger partial charge is 0.444 e. The molecule has 2 aliphatic heterocycles. The van der Waals surface area contributed by atoms with E-state index in [4.69, 9.17) is 18.9 Å². The molecule has 258 valence electrons. The summed E-state index contributed by atoms with van der Waals surface area (Å²) in [6, 6.07) is -0.614. The van der Waals surface area contributed by atoms with Crippen LogP contribution in [-0.2, 0) is 33.3 Å². The van der Waals surface area contributed by atoms with Crippen LogP contribution in [0.1, 0.15) is 72.6 Å². The van der Waals surface area contributed by atoms with E-state index in [2.05, 4.69) is 26.6 Å². The highest BCUT2D eigenvalue weighted by molar-refractivity contribution is 8.00. The summed E-state index contributed by atoms with van der Waals surface area (Å²) in [4.78, 5) is 59.4. The van der Waals surface area contributed by atoms with E-state index in [-0.39, 0.29) is 36.2 Å². The Morgan fingerprint density at radius 2 is 1.51 bits per heavy atom. The van der Waals surface area contributed by atoms with Crippen LogP contribution in [0.4, 0.5) is 9.59 Å². The van der Waals surface area contributed by atoms with E-state index in [1.54, 1.807) is 20.8 Å². The van der Waals surface area contributed by atoms with Crippen LogP contribution in [-0.4, -0.2) is 117 Å². The molecule has 2 saturated heterocycles. The molecule has 0 spiro atoms. The van der Waals surface area contributed by atoms with Crippen molar-refractivity contribution >= 4 is 41.5 Å². The van der Waals surface area contributed by atoms with Gasteiger partial charge in [0.15, 0.2) is 0 Å². The molecule has 15 heteroatoms. The van der Waals surface area contributed by atoms with Gasteiger partial charge in [0.25, 0.3) is 0 Å². The first-order valence-corrected chi connectivity index (χ1v) is 16.9. The maximum absolute atomic E-state index is 12.4. The van der Waals surface area contributed by atoms with E-state index in [0.29, 0.717) is 70.8 Å². The van der Waals surface area contributed by atoms with Crippen molar-refractivity contribution in [3.8, 4) is 0 Å². The molecule has 0 aromatic heterocycles. The third-order valence-corrected chi connectivity index (χ3v) is 8.38. The van der Waals surface area contributed by atoms with E-state index in [0.717, 1.165) is 31.4 Å². The van der Waals surface area contributed by atoms with Crippen molar-refractivity contribution in [3.63, 3.8) is 0 Å². The maximum Gasteiger partial charge on any atom is 0.408 e. The summed E-state index contributed by atoms with van der Waals surface area (Å²) >= 11 is 1.89. The van der Waals surface area contributed by atoms with Crippen LogP contribution >= 0.6 is 11.8 Å². The van der Waals surface area contributed by atoms with Gasteiger partial charge in [-0.3, -0.25) is 14.4 Å². The molecule has 0 saturated carbocycles. The van der Waals surface area contributed by atoms with Crippen LogP contribution in [0.3, 0.4) is 0 Å². The van der Waals surface area contributed by atoms with Gasteiger partial charge in [-0.05, 0) is 53.4 Å². The second kappa shape index (κ2) is 21.2. The number of urea groups is 1. The van der Waals surface area contributed by atoms with Crippen molar-refractivity contribution in [2.24, 2.45) is 0 Å². The Kier molecular flexibility index (Phi) is 18.2. The van der Waals surface area contributed by atoms with Gasteiger partial charge < -0.3 is 45.5 Å². The minimum atomic E-state index is -1.000. The zero-order chi connectivity index (χ0) is 33.1. The third kappa shape index (κ3) is 17.6.